The molecule has 1 atom stereocenters. The van der Waals surface area contributed by atoms with E-state index < -0.39 is 0 Å². The van der Waals surface area contributed by atoms with E-state index in [2.05, 4.69) is 38.1 Å². The summed E-state index contributed by atoms with van der Waals surface area (Å²) in [6, 6.07) is 14.5. The van der Waals surface area contributed by atoms with Gasteiger partial charge in [-0.05, 0) is 42.7 Å². The Morgan fingerprint density at radius 2 is 1.68 bits per heavy atom. The Morgan fingerprint density at radius 3 is 2.23 bits per heavy atom. The van der Waals surface area contributed by atoms with E-state index in [1.54, 1.807) is 14.2 Å². The molecule has 0 aromatic heterocycles. The molecule has 0 bridgehead atoms. The highest BCUT2D eigenvalue weighted by atomic mass is 16.5. The molecule has 0 radical (unpaired) electrons. The van der Waals surface area contributed by atoms with Crippen molar-refractivity contribution in [3.8, 4) is 11.5 Å². The lowest BCUT2D eigenvalue weighted by molar-refractivity contribution is 0.390. The highest BCUT2D eigenvalue weighted by Gasteiger charge is 2.27. The molecule has 1 unspecified atom stereocenters. The fourth-order valence-electron chi connectivity index (χ4n) is 2.69. The molecule has 0 saturated carbocycles. The van der Waals surface area contributed by atoms with Gasteiger partial charge in [-0.15, -0.1) is 0 Å². The molecule has 2 aromatic carbocycles. The smallest absolute Gasteiger partial charge is 0.122 e. The Kier molecular flexibility index (Phi) is 5.09. The monoisotopic (exact) mass is 299 g/mol. The van der Waals surface area contributed by atoms with Crippen LogP contribution in [-0.4, -0.2) is 20.8 Å². The predicted octanol–water partition coefficient (Wildman–Crippen LogP) is 3.47. The minimum Gasteiger partial charge on any atom is -0.497 e. The van der Waals surface area contributed by atoms with Crippen molar-refractivity contribution in [2.45, 2.75) is 25.7 Å². The fourth-order valence-corrected chi connectivity index (χ4v) is 2.69. The van der Waals surface area contributed by atoms with Crippen LogP contribution in [0, 0.1) is 6.92 Å². The van der Waals surface area contributed by atoms with Crippen molar-refractivity contribution in [1.82, 2.24) is 0 Å². The largest absolute Gasteiger partial charge is 0.497 e. The second kappa shape index (κ2) is 6.84. The molecule has 0 fully saturated rings. The average molecular weight is 299 g/mol. The Bertz CT molecular complexity index is 622. The van der Waals surface area contributed by atoms with E-state index in [9.17, 15) is 0 Å². The molecule has 2 rings (SSSR count). The molecular weight excluding hydrogens is 274 g/mol. The zero-order valence-corrected chi connectivity index (χ0v) is 13.8. The zero-order valence-electron chi connectivity index (χ0n) is 13.8. The molecule has 0 heterocycles. The molecule has 0 aliphatic carbocycles. The van der Waals surface area contributed by atoms with E-state index in [1.807, 2.05) is 18.2 Å². The summed E-state index contributed by atoms with van der Waals surface area (Å²) >= 11 is 0. The third-order valence-electron chi connectivity index (χ3n) is 4.27. The molecule has 0 amide bonds. The minimum absolute atomic E-state index is 0.145. The van der Waals surface area contributed by atoms with Crippen LogP contribution in [0.2, 0.25) is 0 Å². The quantitative estimate of drug-likeness (QED) is 0.888. The standard InChI is InChI=1S/C19H25NO2/c1-14-5-7-16(8-6-14)19(2,13-20)12-15-11-17(21-3)9-10-18(15)22-4/h5-11H,12-13,20H2,1-4H3. The maximum absolute atomic E-state index is 6.11. The van der Waals surface area contributed by atoms with Crippen LogP contribution in [0.5, 0.6) is 11.5 Å². The summed E-state index contributed by atoms with van der Waals surface area (Å²) in [6.45, 7) is 4.85. The third kappa shape index (κ3) is 3.42. The van der Waals surface area contributed by atoms with Gasteiger partial charge in [0.1, 0.15) is 11.5 Å². The highest BCUT2D eigenvalue weighted by Crippen LogP contribution is 2.33. The minimum atomic E-state index is -0.145. The molecule has 0 spiro atoms. The van der Waals surface area contributed by atoms with Crippen molar-refractivity contribution in [1.29, 1.82) is 0 Å². The number of rotatable bonds is 6. The van der Waals surface area contributed by atoms with Crippen molar-refractivity contribution >= 4 is 0 Å². The molecule has 2 N–H and O–H groups in total. The number of nitrogens with two attached hydrogens (primary N) is 1. The van der Waals surface area contributed by atoms with Crippen LogP contribution in [0.4, 0.5) is 0 Å². The third-order valence-corrected chi connectivity index (χ3v) is 4.27. The normalized spacial score (nSPS) is 13.5. The molecule has 3 nitrogen and oxygen atoms in total. The van der Waals surface area contributed by atoms with Gasteiger partial charge in [-0.2, -0.15) is 0 Å². The molecule has 118 valence electrons. The van der Waals surface area contributed by atoms with E-state index in [4.69, 9.17) is 15.2 Å². The Balaban J connectivity index is 2.38. The maximum Gasteiger partial charge on any atom is 0.122 e. The summed E-state index contributed by atoms with van der Waals surface area (Å²) in [7, 11) is 3.37. The zero-order chi connectivity index (χ0) is 16.2. The summed E-state index contributed by atoms with van der Waals surface area (Å²) in [6.07, 6.45) is 0.799. The number of hydrogen-bond donors (Lipinski definition) is 1. The van der Waals surface area contributed by atoms with E-state index in [-0.39, 0.29) is 5.41 Å². The van der Waals surface area contributed by atoms with E-state index in [1.165, 1.54) is 11.1 Å². The van der Waals surface area contributed by atoms with Crippen molar-refractivity contribution in [2.24, 2.45) is 5.73 Å². The molecule has 22 heavy (non-hydrogen) atoms. The van der Waals surface area contributed by atoms with Gasteiger partial charge in [0.05, 0.1) is 14.2 Å². The number of ether oxygens (including phenoxy) is 2. The van der Waals surface area contributed by atoms with Crippen LogP contribution in [0.1, 0.15) is 23.6 Å². The average Bonchev–Trinajstić information content (AvgIpc) is 2.55. The molecule has 0 aliphatic heterocycles. The van der Waals surface area contributed by atoms with Gasteiger partial charge in [0, 0.05) is 12.0 Å². The Labute approximate surface area is 133 Å². The van der Waals surface area contributed by atoms with E-state index in [0.29, 0.717) is 6.54 Å². The Hall–Kier alpha value is -2.00. The summed E-state index contributed by atoms with van der Waals surface area (Å²) in [5, 5.41) is 0. The summed E-state index contributed by atoms with van der Waals surface area (Å²) in [5.74, 6) is 1.70. The number of benzene rings is 2. The van der Waals surface area contributed by atoms with Gasteiger partial charge < -0.3 is 15.2 Å². The van der Waals surface area contributed by atoms with Crippen LogP contribution < -0.4 is 15.2 Å². The SMILES string of the molecule is COc1ccc(OC)c(CC(C)(CN)c2ccc(C)cc2)c1. The van der Waals surface area contributed by atoms with Gasteiger partial charge in [0.15, 0.2) is 0 Å². The van der Waals surface area contributed by atoms with E-state index in [0.717, 1.165) is 23.5 Å². The second-order valence-electron chi connectivity index (χ2n) is 5.99. The molecular formula is C19H25NO2. The van der Waals surface area contributed by atoms with Crippen molar-refractivity contribution < 1.29 is 9.47 Å². The van der Waals surface area contributed by atoms with Crippen LogP contribution >= 0.6 is 0 Å². The Morgan fingerprint density at radius 1 is 1.00 bits per heavy atom. The summed E-state index contributed by atoms with van der Waals surface area (Å²) in [5.41, 5.74) is 9.57. The first kappa shape index (κ1) is 16.4. The fraction of sp³-hybridized carbons (Fsp3) is 0.368. The second-order valence-corrected chi connectivity index (χ2v) is 5.99. The predicted molar refractivity (Wildman–Crippen MR) is 90.8 cm³/mol. The van der Waals surface area contributed by atoms with E-state index >= 15 is 0 Å². The van der Waals surface area contributed by atoms with Gasteiger partial charge in [0.2, 0.25) is 0 Å². The van der Waals surface area contributed by atoms with Crippen molar-refractivity contribution in [3.05, 3.63) is 59.2 Å². The first-order valence-corrected chi connectivity index (χ1v) is 7.50. The van der Waals surface area contributed by atoms with Gasteiger partial charge >= 0.3 is 0 Å². The maximum atomic E-state index is 6.11. The van der Waals surface area contributed by atoms with Gasteiger partial charge in [-0.3, -0.25) is 0 Å². The van der Waals surface area contributed by atoms with Crippen molar-refractivity contribution in [2.75, 3.05) is 20.8 Å². The molecule has 0 saturated heterocycles. The molecule has 3 heteroatoms. The van der Waals surface area contributed by atoms with Crippen LogP contribution in [0.25, 0.3) is 0 Å². The first-order chi connectivity index (χ1) is 10.5. The van der Waals surface area contributed by atoms with Gasteiger partial charge in [-0.1, -0.05) is 36.8 Å². The lowest BCUT2D eigenvalue weighted by Crippen LogP contribution is -2.34. The molecule has 2 aromatic rings. The van der Waals surface area contributed by atoms with Crippen LogP contribution in [-0.2, 0) is 11.8 Å². The number of aryl methyl sites for hydroxylation is 1. The van der Waals surface area contributed by atoms with Gasteiger partial charge in [0.25, 0.3) is 0 Å². The lowest BCUT2D eigenvalue weighted by atomic mass is 9.77. The van der Waals surface area contributed by atoms with Crippen molar-refractivity contribution in [3.63, 3.8) is 0 Å². The summed E-state index contributed by atoms with van der Waals surface area (Å²) < 4.78 is 10.8. The van der Waals surface area contributed by atoms with Gasteiger partial charge in [-0.25, -0.2) is 0 Å². The molecule has 0 aliphatic rings. The highest BCUT2D eigenvalue weighted by molar-refractivity contribution is 5.43. The van der Waals surface area contributed by atoms with Crippen LogP contribution in [0.3, 0.4) is 0 Å². The first-order valence-electron chi connectivity index (χ1n) is 7.50. The topological polar surface area (TPSA) is 44.5 Å². The van der Waals surface area contributed by atoms with Crippen LogP contribution in [0.15, 0.2) is 42.5 Å². The number of methoxy groups -OCH3 is 2. The lowest BCUT2D eigenvalue weighted by Gasteiger charge is -2.30. The summed E-state index contributed by atoms with van der Waals surface area (Å²) in [4.78, 5) is 0. The number of hydrogen-bond acceptors (Lipinski definition) is 3.